The van der Waals surface area contributed by atoms with Gasteiger partial charge in [0.05, 0.1) is 11.5 Å². The molecule has 23 heavy (non-hydrogen) atoms. The van der Waals surface area contributed by atoms with Crippen LogP contribution in [0, 0.1) is 17.0 Å². The van der Waals surface area contributed by atoms with E-state index in [4.69, 9.17) is 10.8 Å². The molecule has 0 fully saturated rings. The predicted molar refractivity (Wildman–Crippen MR) is 82.4 cm³/mol. The van der Waals surface area contributed by atoms with Gasteiger partial charge in [-0.1, -0.05) is 0 Å². The number of nitrogens with two attached hydrogens (primary N) is 1. The zero-order chi connectivity index (χ0) is 17.2. The second-order valence-corrected chi connectivity index (χ2v) is 6.32. The van der Waals surface area contributed by atoms with Crippen molar-refractivity contribution in [1.82, 2.24) is 9.55 Å². The number of aromatic nitrogens is 2. The maximum Gasteiger partial charge on any atom is 0.368 e. The summed E-state index contributed by atoms with van der Waals surface area (Å²) in [5.41, 5.74) is 5.89. The number of imidazole rings is 1. The van der Waals surface area contributed by atoms with Crippen molar-refractivity contribution in [2.24, 2.45) is 0 Å². The van der Waals surface area contributed by atoms with Gasteiger partial charge in [0.25, 0.3) is 10.0 Å². The Morgan fingerprint density at radius 3 is 2.52 bits per heavy atom. The van der Waals surface area contributed by atoms with Crippen molar-refractivity contribution in [3.63, 3.8) is 0 Å². The lowest BCUT2D eigenvalue weighted by Gasteiger charge is -2.06. The number of hydrogen-bond acceptors (Lipinski definition) is 7. The van der Waals surface area contributed by atoms with E-state index >= 15 is 0 Å². The molecule has 0 aliphatic rings. The summed E-state index contributed by atoms with van der Waals surface area (Å²) in [7, 11) is -4.05. The summed E-state index contributed by atoms with van der Waals surface area (Å²) in [6.07, 6.45) is 0. The monoisotopic (exact) mass is 341 g/mol. The third kappa shape index (κ3) is 3.40. The van der Waals surface area contributed by atoms with Crippen LogP contribution in [-0.4, -0.2) is 34.6 Å². The van der Waals surface area contributed by atoms with Gasteiger partial charge in [-0.25, -0.2) is 13.0 Å². The van der Waals surface area contributed by atoms with Crippen molar-refractivity contribution in [3.8, 4) is 0 Å². The lowest BCUT2D eigenvalue weighted by atomic mass is 10.3. The molecular formula is C12H15N5O5S. The Bertz CT molecular complexity index is 828. The molecule has 2 rings (SSSR count). The quantitative estimate of drug-likeness (QED) is 0.392. The van der Waals surface area contributed by atoms with Gasteiger partial charge in [0.1, 0.15) is 6.54 Å². The van der Waals surface area contributed by atoms with Crippen LogP contribution in [0.15, 0.2) is 29.2 Å². The van der Waals surface area contributed by atoms with Crippen molar-refractivity contribution in [2.75, 3.05) is 17.1 Å². The lowest BCUT2D eigenvalue weighted by molar-refractivity contribution is -0.391. The summed E-state index contributed by atoms with van der Waals surface area (Å²) in [6, 6.07) is 5.36. The number of anilines is 2. The van der Waals surface area contributed by atoms with E-state index in [1.54, 1.807) is 0 Å². The number of aryl methyl sites for hydroxylation is 1. The Morgan fingerprint density at radius 2 is 2.00 bits per heavy atom. The van der Waals surface area contributed by atoms with Gasteiger partial charge in [0, 0.05) is 12.6 Å². The normalized spacial score (nSPS) is 11.4. The number of benzene rings is 1. The summed E-state index contributed by atoms with van der Waals surface area (Å²) in [6.45, 7) is 1.06. The highest BCUT2D eigenvalue weighted by atomic mass is 32.2. The molecule has 0 radical (unpaired) electrons. The van der Waals surface area contributed by atoms with Crippen LogP contribution in [0.5, 0.6) is 0 Å². The smallest absolute Gasteiger partial charge is 0.368 e. The molecule has 4 N–H and O–H groups in total. The van der Waals surface area contributed by atoms with Crippen LogP contribution in [0.25, 0.3) is 0 Å². The minimum absolute atomic E-state index is 0.0707. The standard InChI is InChI=1S/C12H15N5O5S/c1-8-14-11(12(17(19)20)16(8)6-7-18)15-23(21,22)10-4-2-9(13)3-5-10/h2-5,15,18H,6-7,13H2,1H3. The Kier molecular flexibility index (Phi) is 4.52. The third-order valence-electron chi connectivity index (χ3n) is 3.05. The second kappa shape index (κ2) is 6.22. The van der Waals surface area contributed by atoms with Crippen LogP contribution in [0.3, 0.4) is 0 Å². The maximum absolute atomic E-state index is 12.3. The van der Waals surface area contributed by atoms with E-state index in [0.29, 0.717) is 5.69 Å². The van der Waals surface area contributed by atoms with Gasteiger partial charge in [-0.3, -0.25) is 4.72 Å². The van der Waals surface area contributed by atoms with Crippen LogP contribution in [-0.2, 0) is 16.6 Å². The first kappa shape index (κ1) is 16.7. The van der Waals surface area contributed by atoms with Crippen molar-refractivity contribution in [1.29, 1.82) is 0 Å². The highest BCUT2D eigenvalue weighted by Crippen LogP contribution is 2.27. The third-order valence-corrected chi connectivity index (χ3v) is 4.40. The van der Waals surface area contributed by atoms with Gasteiger partial charge < -0.3 is 21.0 Å². The van der Waals surface area contributed by atoms with Crippen molar-refractivity contribution in [3.05, 3.63) is 40.2 Å². The Balaban J connectivity index is 2.45. The summed E-state index contributed by atoms with van der Waals surface area (Å²) in [4.78, 5) is 14.2. The number of nitro groups is 1. The molecule has 0 saturated carbocycles. The SMILES string of the molecule is Cc1nc(NS(=O)(=O)c2ccc(N)cc2)c([N+](=O)[O-])n1CCO. The molecule has 0 unspecified atom stereocenters. The van der Waals surface area contributed by atoms with E-state index in [2.05, 4.69) is 9.71 Å². The van der Waals surface area contributed by atoms with E-state index in [-0.39, 0.29) is 23.9 Å². The van der Waals surface area contributed by atoms with Crippen molar-refractivity contribution in [2.45, 2.75) is 18.4 Å². The fourth-order valence-corrected chi connectivity index (χ4v) is 3.01. The molecule has 1 aromatic heterocycles. The highest BCUT2D eigenvalue weighted by molar-refractivity contribution is 7.92. The number of hydrogen-bond donors (Lipinski definition) is 3. The van der Waals surface area contributed by atoms with Gasteiger partial charge in [-0.05, 0) is 29.2 Å². The van der Waals surface area contributed by atoms with Crippen LogP contribution in [0.2, 0.25) is 0 Å². The lowest BCUT2D eigenvalue weighted by Crippen LogP contribution is -2.15. The highest BCUT2D eigenvalue weighted by Gasteiger charge is 2.28. The predicted octanol–water partition coefficient (Wildman–Crippen LogP) is 0.475. The number of nitrogen functional groups attached to an aromatic ring is 1. The minimum Gasteiger partial charge on any atom is -0.399 e. The molecular weight excluding hydrogens is 326 g/mol. The first-order chi connectivity index (χ1) is 10.8. The molecule has 2 aromatic rings. The van der Waals surface area contributed by atoms with Gasteiger partial charge in [0.2, 0.25) is 5.82 Å². The Hall–Kier alpha value is -2.66. The molecule has 0 saturated heterocycles. The Labute approximate surface area is 131 Å². The second-order valence-electron chi connectivity index (χ2n) is 4.64. The number of aliphatic hydroxyl groups is 1. The molecule has 0 spiro atoms. The number of aliphatic hydroxyl groups excluding tert-OH is 1. The molecule has 10 nitrogen and oxygen atoms in total. The molecule has 0 aliphatic carbocycles. The molecule has 11 heteroatoms. The summed E-state index contributed by atoms with van der Waals surface area (Å²) >= 11 is 0. The van der Waals surface area contributed by atoms with E-state index in [9.17, 15) is 18.5 Å². The van der Waals surface area contributed by atoms with Crippen molar-refractivity contribution < 1.29 is 18.4 Å². The number of nitrogens with one attached hydrogen (secondary N) is 1. The van der Waals surface area contributed by atoms with E-state index in [1.165, 1.54) is 31.2 Å². The van der Waals surface area contributed by atoms with E-state index in [0.717, 1.165) is 4.57 Å². The molecule has 0 aliphatic heterocycles. The van der Waals surface area contributed by atoms with Crippen LogP contribution < -0.4 is 10.5 Å². The molecule has 124 valence electrons. The van der Waals surface area contributed by atoms with Crippen LogP contribution in [0.4, 0.5) is 17.3 Å². The number of sulfonamides is 1. The zero-order valence-electron chi connectivity index (χ0n) is 12.1. The van der Waals surface area contributed by atoms with Gasteiger partial charge in [-0.15, -0.1) is 0 Å². The van der Waals surface area contributed by atoms with Crippen LogP contribution in [0.1, 0.15) is 5.82 Å². The summed E-state index contributed by atoms with van der Waals surface area (Å²) < 4.78 is 27.8. The van der Waals surface area contributed by atoms with Gasteiger partial charge in [0.15, 0.2) is 5.82 Å². The average Bonchev–Trinajstić information content (AvgIpc) is 2.75. The summed E-state index contributed by atoms with van der Waals surface area (Å²) in [5.74, 6) is -0.728. The van der Waals surface area contributed by atoms with Crippen molar-refractivity contribution >= 4 is 27.3 Å². The summed E-state index contributed by atoms with van der Waals surface area (Å²) in [5, 5.41) is 20.2. The largest absolute Gasteiger partial charge is 0.399 e. The topological polar surface area (TPSA) is 153 Å². The van der Waals surface area contributed by atoms with E-state index < -0.39 is 26.6 Å². The maximum atomic E-state index is 12.3. The zero-order valence-corrected chi connectivity index (χ0v) is 12.9. The fraction of sp³-hybridized carbons (Fsp3) is 0.250. The number of rotatable bonds is 6. The molecule has 1 aromatic carbocycles. The van der Waals surface area contributed by atoms with Gasteiger partial charge >= 0.3 is 5.82 Å². The number of nitrogens with zero attached hydrogens (tertiary/aromatic N) is 3. The fourth-order valence-electron chi connectivity index (χ4n) is 2.01. The molecule has 0 amide bonds. The Morgan fingerprint density at radius 1 is 1.39 bits per heavy atom. The molecule has 0 bridgehead atoms. The minimum atomic E-state index is -4.05. The first-order valence-corrected chi connectivity index (χ1v) is 7.95. The first-order valence-electron chi connectivity index (χ1n) is 6.47. The van der Waals surface area contributed by atoms with Crippen LogP contribution >= 0.6 is 0 Å². The molecule has 1 heterocycles. The van der Waals surface area contributed by atoms with E-state index in [1.807, 2.05) is 0 Å². The molecule has 0 atom stereocenters. The average molecular weight is 341 g/mol. The van der Waals surface area contributed by atoms with Gasteiger partial charge in [-0.2, -0.15) is 4.98 Å².